The maximum atomic E-state index is 13.9. The molecule has 11 heteroatoms. The van der Waals surface area contributed by atoms with Gasteiger partial charge in [-0.05, 0) is 33.8 Å². The number of rotatable bonds is 6. The van der Waals surface area contributed by atoms with Crippen LogP contribution in [0.25, 0.3) is 11.1 Å². The van der Waals surface area contributed by atoms with Crippen molar-refractivity contribution in [3.8, 4) is 11.1 Å². The van der Waals surface area contributed by atoms with Crippen molar-refractivity contribution < 1.29 is 23.8 Å². The molecule has 1 amide bonds. The quantitative estimate of drug-likeness (QED) is 0.691. The second kappa shape index (κ2) is 9.34. The molecule has 0 aliphatic heterocycles. The van der Waals surface area contributed by atoms with Crippen molar-refractivity contribution in [3.63, 3.8) is 0 Å². The van der Waals surface area contributed by atoms with Crippen molar-refractivity contribution in [2.24, 2.45) is 0 Å². The highest BCUT2D eigenvalue weighted by Gasteiger charge is 2.22. The van der Waals surface area contributed by atoms with E-state index in [1.54, 1.807) is 20.8 Å². The lowest BCUT2D eigenvalue weighted by Crippen LogP contribution is -2.46. The number of carbonyl (C=O) groups excluding carboxylic acids is 1. The summed E-state index contributed by atoms with van der Waals surface area (Å²) in [5, 5.41) is 11.2. The summed E-state index contributed by atoms with van der Waals surface area (Å²) in [4.78, 5) is 49.0. The Kier molecular flexibility index (Phi) is 7.27. The fraction of sp³-hybridized carbons (Fsp3) is 0.400. The molecule has 1 aromatic heterocycles. The number of carboxylic acid groups (broad SMARTS) is 1. The van der Waals surface area contributed by atoms with Crippen LogP contribution in [0.15, 0.2) is 34.0 Å². The highest BCUT2D eigenvalue weighted by Crippen LogP contribution is 2.27. The van der Waals surface area contributed by atoms with E-state index in [0.717, 1.165) is 21.4 Å². The number of carboxylic acids is 1. The molecular formula is C20H23ClFN3O6. The molecule has 1 unspecified atom stereocenters. The van der Waals surface area contributed by atoms with Gasteiger partial charge in [0.2, 0.25) is 0 Å². The molecule has 0 saturated carbocycles. The maximum absolute atomic E-state index is 13.9. The lowest BCUT2D eigenvalue weighted by Gasteiger charge is -2.22. The van der Waals surface area contributed by atoms with E-state index in [2.05, 4.69) is 5.32 Å². The minimum Gasteiger partial charge on any atom is -0.480 e. The van der Waals surface area contributed by atoms with Crippen LogP contribution in [0.5, 0.6) is 0 Å². The molecule has 0 aliphatic rings. The van der Waals surface area contributed by atoms with Crippen LogP contribution in [0, 0.1) is 5.82 Å². The van der Waals surface area contributed by atoms with Crippen molar-refractivity contribution in [1.29, 1.82) is 0 Å². The summed E-state index contributed by atoms with van der Waals surface area (Å²) in [7, 11) is 0. The topological polar surface area (TPSA) is 120 Å². The van der Waals surface area contributed by atoms with Crippen LogP contribution >= 0.6 is 11.6 Å². The van der Waals surface area contributed by atoms with Gasteiger partial charge in [-0.2, -0.15) is 0 Å². The number of nitrogens with one attached hydrogen (secondary N) is 1. The highest BCUT2D eigenvalue weighted by molar-refractivity contribution is 6.33. The van der Waals surface area contributed by atoms with Gasteiger partial charge < -0.3 is 15.2 Å². The van der Waals surface area contributed by atoms with Crippen LogP contribution in [0.1, 0.15) is 33.7 Å². The number of nitrogens with zero attached hydrogens (tertiary/aromatic N) is 2. The van der Waals surface area contributed by atoms with E-state index in [-0.39, 0.29) is 22.7 Å². The summed E-state index contributed by atoms with van der Waals surface area (Å²) in [6.45, 7) is 5.64. The summed E-state index contributed by atoms with van der Waals surface area (Å²) in [6, 6.07) is 2.94. The van der Waals surface area contributed by atoms with Gasteiger partial charge in [0, 0.05) is 18.3 Å². The average Bonchev–Trinajstić information content (AvgIpc) is 2.63. The van der Waals surface area contributed by atoms with E-state index in [1.165, 1.54) is 19.1 Å². The predicted molar refractivity (Wildman–Crippen MR) is 112 cm³/mol. The Morgan fingerprint density at radius 1 is 1.26 bits per heavy atom. The van der Waals surface area contributed by atoms with E-state index < -0.39 is 47.3 Å². The first kappa shape index (κ1) is 24.1. The van der Waals surface area contributed by atoms with E-state index in [0.29, 0.717) is 0 Å². The molecule has 1 atom stereocenters. The second-order valence-electron chi connectivity index (χ2n) is 7.86. The van der Waals surface area contributed by atoms with Gasteiger partial charge in [-0.25, -0.2) is 14.0 Å². The molecular weight excluding hydrogens is 433 g/mol. The largest absolute Gasteiger partial charge is 0.480 e. The number of aromatic nitrogens is 2. The first-order valence-corrected chi connectivity index (χ1v) is 9.68. The van der Waals surface area contributed by atoms with Gasteiger partial charge >= 0.3 is 17.8 Å². The Balaban J connectivity index is 2.54. The second-order valence-corrected chi connectivity index (χ2v) is 8.23. The Morgan fingerprint density at radius 3 is 2.48 bits per heavy atom. The van der Waals surface area contributed by atoms with Crippen LogP contribution < -0.4 is 16.6 Å². The van der Waals surface area contributed by atoms with Gasteiger partial charge in [0.05, 0.1) is 16.6 Å². The molecule has 31 heavy (non-hydrogen) atoms. The summed E-state index contributed by atoms with van der Waals surface area (Å²) in [5.74, 6) is -2.09. The molecule has 2 rings (SSSR count). The number of alkyl carbamates (subject to hydrolysis) is 1. The molecule has 0 bridgehead atoms. The SMILES string of the molecule is CC(CNC(=O)OC(C)(C)C)n1c(=O)c(-c2cccc(F)c2Cl)cn(CC(=O)O)c1=O. The summed E-state index contributed by atoms with van der Waals surface area (Å²) in [5.41, 5.74) is -2.60. The fourth-order valence-corrected chi connectivity index (χ4v) is 3.03. The average molecular weight is 456 g/mol. The van der Waals surface area contributed by atoms with Crippen molar-refractivity contribution in [2.75, 3.05) is 6.54 Å². The van der Waals surface area contributed by atoms with Crippen LogP contribution in [0.3, 0.4) is 0 Å². The van der Waals surface area contributed by atoms with Gasteiger partial charge in [-0.1, -0.05) is 23.7 Å². The highest BCUT2D eigenvalue weighted by atomic mass is 35.5. The van der Waals surface area contributed by atoms with Crippen molar-refractivity contribution >= 4 is 23.7 Å². The Labute approximate surface area is 182 Å². The molecule has 0 aliphatic carbocycles. The zero-order valence-electron chi connectivity index (χ0n) is 17.4. The van der Waals surface area contributed by atoms with Crippen molar-refractivity contribution in [2.45, 2.75) is 45.9 Å². The van der Waals surface area contributed by atoms with Crippen LogP contribution in [0.2, 0.25) is 5.02 Å². The van der Waals surface area contributed by atoms with Crippen LogP contribution in [0.4, 0.5) is 9.18 Å². The molecule has 1 heterocycles. The summed E-state index contributed by atoms with van der Waals surface area (Å²) < 4.78 is 20.6. The molecule has 168 valence electrons. The maximum Gasteiger partial charge on any atom is 0.407 e. The third kappa shape index (κ3) is 5.94. The monoisotopic (exact) mass is 455 g/mol. The first-order valence-electron chi connectivity index (χ1n) is 9.31. The lowest BCUT2D eigenvalue weighted by atomic mass is 10.1. The van der Waals surface area contributed by atoms with Crippen molar-refractivity contribution in [1.82, 2.24) is 14.5 Å². The minimum atomic E-state index is -1.32. The molecule has 2 aromatic rings. The molecule has 1 aromatic carbocycles. The molecule has 0 fully saturated rings. The van der Waals surface area contributed by atoms with Gasteiger partial charge in [0.25, 0.3) is 5.56 Å². The molecule has 0 spiro atoms. The van der Waals surface area contributed by atoms with E-state index in [1.807, 2.05) is 0 Å². The summed E-state index contributed by atoms with van der Waals surface area (Å²) >= 11 is 5.99. The zero-order chi connectivity index (χ0) is 23.5. The number of aliphatic carboxylic acids is 1. The number of hydrogen-bond acceptors (Lipinski definition) is 5. The zero-order valence-corrected chi connectivity index (χ0v) is 18.2. The third-order valence-electron chi connectivity index (χ3n) is 4.11. The van der Waals surface area contributed by atoms with E-state index >= 15 is 0 Å². The van der Waals surface area contributed by atoms with Gasteiger partial charge in [-0.15, -0.1) is 0 Å². The number of carbonyl (C=O) groups is 2. The Hall–Kier alpha value is -3.14. The van der Waals surface area contributed by atoms with E-state index in [4.69, 9.17) is 21.4 Å². The van der Waals surface area contributed by atoms with Crippen LogP contribution in [-0.2, 0) is 16.1 Å². The normalized spacial score (nSPS) is 12.3. The van der Waals surface area contributed by atoms with Crippen molar-refractivity contribution in [3.05, 3.63) is 56.1 Å². The molecule has 0 radical (unpaired) electrons. The summed E-state index contributed by atoms with van der Waals surface area (Å²) in [6.07, 6.45) is 0.284. The Bertz CT molecular complexity index is 1120. The van der Waals surface area contributed by atoms with E-state index in [9.17, 15) is 23.6 Å². The lowest BCUT2D eigenvalue weighted by molar-refractivity contribution is -0.137. The predicted octanol–water partition coefficient (Wildman–Crippen LogP) is 2.64. The van der Waals surface area contributed by atoms with Gasteiger partial charge in [0.1, 0.15) is 18.0 Å². The number of halogens is 2. The first-order chi connectivity index (χ1) is 14.3. The van der Waals surface area contributed by atoms with Crippen LogP contribution in [-0.4, -0.2) is 38.4 Å². The Morgan fingerprint density at radius 2 is 1.90 bits per heavy atom. The van der Waals surface area contributed by atoms with Gasteiger partial charge in [-0.3, -0.25) is 18.7 Å². The fourth-order valence-electron chi connectivity index (χ4n) is 2.80. The minimum absolute atomic E-state index is 0.00635. The number of hydrogen-bond donors (Lipinski definition) is 2. The number of ether oxygens (including phenoxy) is 1. The molecule has 9 nitrogen and oxygen atoms in total. The molecule has 2 N–H and O–H groups in total. The third-order valence-corrected chi connectivity index (χ3v) is 4.50. The number of amides is 1. The number of benzene rings is 1. The standard InChI is InChI=1S/C20H23ClFN3O6/c1-11(8-23-18(29)31-20(2,3)4)25-17(28)13(9-24(19(25)30)10-15(26)27)12-6-5-7-14(22)16(12)21/h5-7,9,11H,8,10H2,1-4H3,(H,23,29)(H,26,27). The van der Waals surface area contributed by atoms with Gasteiger partial charge in [0.15, 0.2) is 0 Å². The molecule has 0 saturated heterocycles. The smallest absolute Gasteiger partial charge is 0.407 e.